The second kappa shape index (κ2) is 10.5. The molecule has 0 spiro atoms. The molecule has 2 N–H and O–H groups in total. The molecule has 0 bridgehead atoms. The van der Waals surface area contributed by atoms with Gasteiger partial charge in [-0.15, -0.1) is 10.2 Å². The molecule has 0 aromatic carbocycles. The summed E-state index contributed by atoms with van der Waals surface area (Å²) in [5.41, 5.74) is 0. The van der Waals surface area contributed by atoms with Gasteiger partial charge in [-0.25, -0.2) is 0 Å². The Balaban J connectivity index is 0.000000552. The average molecular weight is 385 g/mol. The van der Waals surface area contributed by atoms with Gasteiger partial charge in [0.25, 0.3) is 5.97 Å². The van der Waals surface area contributed by atoms with Crippen LogP contribution in [0.4, 0.5) is 0 Å². The molecular weight excluding hydrogens is 358 g/mol. The lowest BCUT2D eigenvalue weighted by Gasteiger charge is -2.26. The van der Waals surface area contributed by atoms with Gasteiger partial charge >= 0.3 is 0 Å². The van der Waals surface area contributed by atoms with Crippen molar-refractivity contribution in [2.45, 2.75) is 30.8 Å². The first-order valence-electron chi connectivity index (χ1n) is 8.77. The molecular formula is C16H27N5O4S. The van der Waals surface area contributed by atoms with Crippen LogP contribution in [-0.4, -0.2) is 81.8 Å². The zero-order valence-electron chi connectivity index (χ0n) is 15.3. The van der Waals surface area contributed by atoms with E-state index < -0.39 is 5.97 Å². The monoisotopic (exact) mass is 385 g/mol. The number of carboxylic acids is 1. The van der Waals surface area contributed by atoms with Crippen molar-refractivity contribution >= 4 is 23.6 Å². The summed E-state index contributed by atoms with van der Waals surface area (Å²) in [6, 6.07) is 0. The molecule has 9 nitrogen and oxygen atoms in total. The van der Waals surface area contributed by atoms with Crippen LogP contribution in [0.1, 0.15) is 31.5 Å². The Bertz CT molecular complexity index is 593. The van der Waals surface area contributed by atoms with Crippen LogP contribution in [0.25, 0.3) is 0 Å². The molecule has 1 amide bonds. The molecule has 0 atom stereocenters. The van der Waals surface area contributed by atoms with Gasteiger partial charge in [-0.2, -0.15) is 0 Å². The lowest BCUT2D eigenvalue weighted by atomic mass is 9.97. The second-order valence-electron chi connectivity index (χ2n) is 6.22. The summed E-state index contributed by atoms with van der Waals surface area (Å²) in [4.78, 5) is 23.0. The normalized spacial score (nSPS) is 18.2. The van der Waals surface area contributed by atoms with Crippen molar-refractivity contribution in [2.24, 2.45) is 7.05 Å². The fraction of sp³-hybridized carbons (Fsp3) is 0.750. The van der Waals surface area contributed by atoms with Gasteiger partial charge in [-0.05, 0) is 25.9 Å². The number of nitrogens with zero attached hydrogens (tertiary/aromatic N) is 4. The van der Waals surface area contributed by atoms with Gasteiger partial charge in [0.1, 0.15) is 5.82 Å². The molecule has 2 aliphatic heterocycles. The average Bonchev–Trinajstić information content (AvgIpc) is 3.01. The summed E-state index contributed by atoms with van der Waals surface area (Å²) in [7, 11) is 2.00. The fourth-order valence-corrected chi connectivity index (χ4v) is 3.74. The van der Waals surface area contributed by atoms with Gasteiger partial charge in [-0.3, -0.25) is 9.59 Å². The highest BCUT2D eigenvalue weighted by molar-refractivity contribution is 7.99. The molecule has 1 aromatic rings. The summed E-state index contributed by atoms with van der Waals surface area (Å²) in [6.07, 6.45) is 2.20. The van der Waals surface area contributed by atoms with Crippen LogP contribution in [0.3, 0.4) is 0 Å². The van der Waals surface area contributed by atoms with Crippen molar-refractivity contribution in [3.63, 3.8) is 0 Å². The van der Waals surface area contributed by atoms with Crippen molar-refractivity contribution in [3.05, 3.63) is 5.82 Å². The molecule has 2 fully saturated rings. The number of aliphatic carboxylic acids is 1. The van der Waals surface area contributed by atoms with E-state index in [4.69, 9.17) is 14.6 Å². The molecule has 26 heavy (non-hydrogen) atoms. The first kappa shape index (κ1) is 20.7. The van der Waals surface area contributed by atoms with Crippen LogP contribution in [0, 0.1) is 0 Å². The molecule has 0 radical (unpaired) electrons. The van der Waals surface area contributed by atoms with Crippen LogP contribution in [-0.2, 0) is 21.4 Å². The first-order valence-corrected chi connectivity index (χ1v) is 9.75. The van der Waals surface area contributed by atoms with E-state index in [9.17, 15) is 4.79 Å². The summed E-state index contributed by atoms with van der Waals surface area (Å²) in [6.45, 7) is 5.82. The van der Waals surface area contributed by atoms with Gasteiger partial charge in [-0.1, -0.05) is 11.8 Å². The smallest absolute Gasteiger partial charge is 0.300 e. The number of hydrogen-bond acceptors (Lipinski definition) is 7. The number of nitrogens with one attached hydrogen (secondary N) is 1. The van der Waals surface area contributed by atoms with Gasteiger partial charge in [0.15, 0.2) is 5.16 Å². The third-order valence-electron chi connectivity index (χ3n) is 4.26. The quantitative estimate of drug-likeness (QED) is 0.714. The molecule has 1 aromatic heterocycles. The molecule has 3 rings (SSSR count). The second-order valence-corrected chi connectivity index (χ2v) is 7.17. The molecule has 2 aliphatic rings. The Hall–Kier alpha value is -1.65. The minimum Gasteiger partial charge on any atom is -0.481 e. The number of amides is 1. The lowest BCUT2D eigenvalue weighted by Crippen LogP contribution is -2.41. The maximum Gasteiger partial charge on any atom is 0.300 e. The Labute approximate surface area is 157 Å². The van der Waals surface area contributed by atoms with Crippen molar-refractivity contribution < 1.29 is 19.4 Å². The zero-order valence-corrected chi connectivity index (χ0v) is 16.1. The Morgan fingerprint density at radius 2 is 1.88 bits per heavy atom. The SMILES string of the molecule is CC(=O)O.Cn1c(SCC(=O)N2CCOCC2)nnc1C1CCNCC1. The van der Waals surface area contributed by atoms with Gasteiger partial charge in [0, 0.05) is 33.0 Å². The first-order chi connectivity index (χ1) is 12.5. The molecule has 146 valence electrons. The maximum atomic E-state index is 12.2. The molecule has 2 saturated heterocycles. The van der Waals surface area contributed by atoms with E-state index in [1.165, 1.54) is 11.8 Å². The van der Waals surface area contributed by atoms with E-state index in [1.807, 2.05) is 16.5 Å². The van der Waals surface area contributed by atoms with Crippen LogP contribution >= 0.6 is 11.8 Å². The van der Waals surface area contributed by atoms with Crippen LogP contribution in [0.15, 0.2) is 5.16 Å². The predicted molar refractivity (Wildman–Crippen MR) is 97.3 cm³/mol. The number of carbonyl (C=O) groups excluding carboxylic acids is 1. The fourth-order valence-electron chi connectivity index (χ4n) is 2.92. The highest BCUT2D eigenvalue weighted by Gasteiger charge is 2.23. The minimum absolute atomic E-state index is 0.153. The van der Waals surface area contributed by atoms with E-state index in [0.29, 0.717) is 38.0 Å². The largest absolute Gasteiger partial charge is 0.481 e. The Morgan fingerprint density at radius 1 is 1.27 bits per heavy atom. The molecule has 3 heterocycles. The highest BCUT2D eigenvalue weighted by atomic mass is 32.2. The zero-order chi connectivity index (χ0) is 18.9. The Kier molecular flexibility index (Phi) is 8.33. The predicted octanol–water partition coefficient (Wildman–Crippen LogP) is 0.324. The molecule has 0 unspecified atom stereocenters. The van der Waals surface area contributed by atoms with E-state index >= 15 is 0 Å². The van der Waals surface area contributed by atoms with Crippen LogP contribution < -0.4 is 5.32 Å². The van der Waals surface area contributed by atoms with Gasteiger partial charge in [0.2, 0.25) is 5.91 Å². The number of hydrogen-bond donors (Lipinski definition) is 2. The van der Waals surface area contributed by atoms with E-state index in [2.05, 4.69) is 15.5 Å². The summed E-state index contributed by atoms with van der Waals surface area (Å²) in [5.74, 6) is 1.25. The number of aromatic nitrogens is 3. The molecule has 10 heteroatoms. The summed E-state index contributed by atoms with van der Waals surface area (Å²) < 4.78 is 7.32. The van der Waals surface area contributed by atoms with E-state index in [1.54, 1.807) is 0 Å². The van der Waals surface area contributed by atoms with Crippen molar-refractivity contribution in [2.75, 3.05) is 45.1 Å². The summed E-state index contributed by atoms with van der Waals surface area (Å²) >= 11 is 1.48. The van der Waals surface area contributed by atoms with Crippen molar-refractivity contribution in [1.82, 2.24) is 25.0 Å². The van der Waals surface area contributed by atoms with Crippen molar-refractivity contribution in [3.8, 4) is 0 Å². The number of carbonyl (C=O) groups is 2. The number of rotatable bonds is 4. The van der Waals surface area contributed by atoms with E-state index in [0.717, 1.165) is 43.8 Å². The van der Waals surface area contributed by atoms with E-state index in [-0.39, 0.29) is 5.91 Å². The standard InChI is InChI=1S/C14H23N5O2S.C2H4O2/c1-18-13(11-2-4-15-5-3-11)16-17-14(18)22-10-12(20)19-6-8-21-9-7-19;1-2(3)4/h11,15H,2-10H2,1H3;1H3,(H,3,4). The number of piperidine rings is 1. The number of carboxylic acid groups (broad SMARTS) is 1. The third-order valence-corrected chi connectivity index (χ3v) is 5.27. The molecule has 0 saturated carbocycles. The van der Waals surface area contributed by atoms with Gasteiger partial charge < -0.3 is 24.6 Å². The Morgan fingerprint density at radius 3 is 2.50 bits per heavy atom. The lowest BCUT2D eigenvalue weighted by molar-refractivity contribution is -0.134. The van der Waals surface area contributed by atoms with Crippen molar-refractivity contribution in [1.29, 1.82) is 0 Å². The minimum atomic E-state index is -0.833. The highest BCUT2D eigenvalue weighted by Crippen LogP contribution is 2.26. The topological polar surface area (TPSA) is 110 Å². The summed E-state index contributed by atoms with van der Waals surface area (Å²) in [5, 5.41) is 20.2. The molecule has 0 aliphatic carbocycles. The third kappa shape index (κ3) is 6.26. The maximum absolute atomic E-state index is 12.2. The van der Waals surface area contributed by atoms with Crippen LogP contribution in [0.2, 0.25) is 0 Å². The van der Waals surface area contributed by atoms with Gasteiger partial charge in [0.05, 0.1) is 19.0 Å². The number of morpholine rings is 1. The number of ether oxygens (including phenoxy) is 1. The van der Waals surface area contributed by atoms with Crippen LogP contribution in [0.5, 0.6) is 0 Å². The number of thioether (sulfide) groups is 1.